The molecule has 170 valence electrons. The molecule has 3 aromatic rings. The van der Waals surface area contributed by atoms with Crippen LogP contribution in [0.2, 0.25) is 0 Å². The van der Waals surface area contributed by atoms with Crippen molar-refractivity contribution < 1.29 is 23.8 Å². The molecule has 1 aliphatic heterocycles. The molecule has 4 rings (SSSR count). The number of rotatable bonds is 6. The molecule has 1 N–H and O–H groups in total. The number of hydrogen-bond donors (Lipinski definition) is 1. The Labute approximate surface area is 193 Å². The van der Waals surface area contributed by atoms with Crippen LogP contribution < -0.4 is 9.64 Å². The zero-order valence-electron chi connectivity index (χ0n) is 19.2. The Kier molecular flexibility index (Phi) is 6.09. The van der Waals surface area contributed by atoms with E-state index in [1.165, 1.54) is 4.90 Å². The first kappa shape index (κ1) is 22.4. The molecule has 1 amide bonds. The Morgan fingerprint density at radius 3 is 2.42 bits per heavy atom. The van der Waals surface area contributed by atoms with Crippen molar-refractivity contribution in [2.45, 2.75) is 33.7 Å². The number of carbonyl (C=O) groups excluding carboxylic acids is 2. The lowest BCUT2D eigenvalue weighted by atomic mass is 9.99. The van der Waals surface area contributed by atoms with Crippen LogP contribution in [0, 0.1) is 19.8 Å². The summed E-state index contributed by atoms with van der Waals surface area (Å²) in [4.78, 5) is 27.7. The maximum Gasteiger partial charge on any atom is 0.300 e. The molecule has 1 unspecified atom stereocenters. The lowest BCUT2D eigenvalue weighted by Gasteiger charge is -2.23. The van der Waals surface area contributed by atoms with Gasteiger partial charge in [-0.25, -0.2) is 0 Å². The number of benzene rings is 2. The molecular formula is C27H27NO5. The molecule has 6 heteroatoms. The lowest BCUT2D eigenvalue weighted by molar-refractivity contribution is -0.132. The van der Waals surface area contributed by atoms with E-state index in [-0.39, 0.29) is 11.3 Å². The molecular weight excluding hydrogens is 418 g/mol. The zero-order chi connectivity index (χ0) is 23.7. The molecule has 2 aromatic carbocycles. The molecule has 0 radical (unpaired) electrons. The highest BCUT2D eigenvalue weighted by molar-refractivity contribution is 6.51. The normalized spacial score (nSPS) is 17.7. The predicted molar refractivity (Wildman–Crippen MR) is 126 cm³/mol. The van der Waals surface area contributed by atoms with Crippen LogP contribution in [0.4, 0.5) is 5.69 Å². The monoisotopic (exact) mass is 445 g/mol. The third-order valence-corrected chi connectivity index (χ3v) is 5.48. The number of amides is 1. The molecule has 0 saturated carbocycles. The van der Waals surface area contributed by atoms with Crippen LogP contribution in [-0.2, 0) is 9.59 Å². The summed E-state index contributed by atoms with van der Waals surface area (Å²) < 4.78 is 11.6. The van der Waals surface area contributed by atoms with Crippen molar-refractivity contribution in [2.24, 2.45) is 5.92 Å². The molecule has 1 aliphatic rings. The first-order valence-electron chi connectivity index (χ1n) is 10.9. The molecule has 0 aliphatic carbocycles. The van der Waals surface area contributed by atoms with Gasteiger partial charge in [0.05, 0.1) is 12.2 Å². The fourth-order valence-electron chi connectivity index (χ4n) is 3.83. The van der Waals surface area contributed by atoms with Crippen molar-refractivity contribution in [3.8, 4) is 5.75 Å². The number of ketones is 1. The van der Waals surface area contributed by atoms with E-state index in [0.717, 1.165) is 5.56 Å². The molecule has 1 saturated heterocycles. The highest BCUT2D eigenvalue weighted by Gasteiger charge is 2.48. The van der Waals surface area contributed by atoms with Gasteiger partial charge in [-0.3, -0.25) is 14.5 Å². The first-order chi connectivity index (χ1) is 15.8. The number of anilines is 1. The third kappa shape index (κ3) is 4.42. The van der Waals surface area contributed by atoms with Gasteiger partial charge in [0.15, 0.2) is 0 Å². The summed E-state index contributed by atoms with van der Waals surface area (Å²) in [5.41, 5.74) is 1.95. The second-order valence-electron chi connectivity index (χ2n) is 8.69. The number of Topliss-reactive ketones (excluding diaryl/α,β-unsaturated/α-hetero) is 1. The summed E-state index contributed by atoms with van der Waals surface area (Å²) in [6.45, 7) is 8.34. The van der Waals surface area contributed by atoms with E-state index in [2.05, 4.69) is 0 Å². The van der Waals surface area contributed by atoms with Gasteiger partial charge in [-0.15, -0.1) is 0 Å². The molecule has 33 heavy (non-hydrogen) atoms. The fourth-order valence-corrected chi connectivity index (χ4v) is 3.83. The summed E-state index contributed by atoms with van der Waals surface area (Å²) in [5.74, 6) is 0.212. The number of ether oxygens (including phenoxy) is 1. The van der Waals surface area contributed by atoms with Gasteiger partial charge in [0.2, 0.25) is 0 Å². The van der Waals surface area contributed by atoms with Crippen LogP contribution in [0.25, 0.3) is 5.76 Å². The Balaban J connectivity index is 1.84. The Bertz CT molecular complexity index is 1220. The minimum Gasteiger partial charge on any atom is -0.507 e. The molecule has 1 fully saturated rings. The number of carbonyl (C=O) groups is 2. The van der Waals surface area contributed by atoms with Gasteiger partial charge >= 0.3 is 0 Å². The van der Waals surface area contributed by atoms with E-state index < -0.39 is 17.7 Å². The number of aliphatic hydroxyl groups is 1. The summed E-state index contributed by atoms with van der Waals surface area (Å²) in [5, 5.41) is 11.2. The topological polar surface area (TPSA) is 80.0 Å². The first-order valence-corrected chi connectivity index (χ1v) is 10.9. The highest BCUT2D eigenvalue weighted by atomic mass is 16.5. The third-order valence-electron chi connectivity index (χ3n) is 5.48. The van der Waals surface area contributed by atoms with E-state index in [0.29, 0.717) is 41.0 Å². The number of aliphatic hydroxyl groups excluding tert-OH is 1. The van der Waals surface area contributed by atoms with Crippen molar-refractivity contribution in [3.63, 3.8) is 0 Å². The molecule has 6 nitrogen and oxygen atoms in total. The van der Waals surface area contributed by atoms with E-state index in [9.17, 15) is 14.7 Å². The van der Waals surface area contributed by atoms with Crippen molar-refractivity contribution in [2.75, 3.05) is 11.5 Å². The molecule has 0 bridgehead atoms. The van der Waals surface area contributed by atoms with Crippen LogP contribution in [0.15, 0.2) is 70.7 Å². The predicted octanol–water partition coefficient (Wildman–Crippen LogP) is 5.56. The maximum absolute atomic E-state index is 13.2. The second-order valence-corrected chi connectivity index (χ2v) is 8.69. The van der Waals surface area contributed by atoms with Gasteiger partial charge in [0.25, 0.3) is 11.7 Å². The quantitative estimate of drug-likeness (QED) is 0.305. The largest absolute Gasteiger partial charge is 0.507 e. The van der Waals surface area contributed by atoms with Gasteiger partial charge in [-0.1, -0.05) is 43.7 Å². The Morgan fingerprint density at radius 1 is 1.06 bits per heavy atom. The van der Waals surface area contributed by atoms with Gasteiger partial charge in [-0.05, 0) is 56.2 Å². The number of aryl methyl sites for hydroxylation is 2. The lowest BCUT2D eigenvalue weighted by Crippen LogP contribution is -2.29. The Hall–Kier alpha value is -3.80. The van der Waals surface area contributed by atoms with E-state index in [4.69, 9.17) is 9.15 Å². The van der Waals surface area contributed by atoms with Gasteiger partial charge in [-0.2, -0.15) is 0 Å². The second kappa shape index (κ2) is 8.98. The number of nitrogens with zero attached hydrogens (tertiary/aromatic N) is 1. The minimum atomic E-state index is -0.887. The summed E-state index contributed by atoms with van der Waals surface area (Å²) in [6, 6.07) is 16.8. The summed E-state index contributed by atoms with van der Waals surface area (Å²) in [6.07, 6.45) is 0. The zero-order valence-corrected chi connectivity index (χ0v) is 19.2. The van der Waals surface area contributed by atoms with Gasteiger partial charge < -0.3 is 14.3 Å². The van der Waals surface area contributed by atoms with Crippen LogP contribution in [0.5, 0.6) is 5.75 Å². The van der Waals surface area contributed by atoms with Crippen molar-refractivity contribution >= 4 is 23.1 Å². The summed E-state index contributed by atoms with van der Waals surface area (Å²) in [7, 11) is 0. The standard InChI is InChI=1S/C27H27NO5/c1-16(2)15-32-21-7-5-6-19(14-21)25(29)23-24(22-13-10-18(4)33-22)28(27(31)26(23)30)20-11-8-17(3)9-12-20/h5-14,16,24,29H,15H2,1-4H3/b25-23-. The van der Waals surface area contributed by atoms with Crippen molar-refractivity contribution in [1.82, 2.24) is 0 Å². The molecule has 1 atom stereocenters. The van der Waals surface area contributed by atoms with Crippen molar-refractivity contribution in [1.29, 1.82) is 0 Å². The van der Waals surface area contributed by atoms with Gasteiger partial charge in [0, 0.05) is 11.3 Å². The number of hydrogen-bond acceptors (Lipinski definition) is 5. The summed E-state index contributed by atoms with van der Waals surface area (Å²) >= 11 is 0. The molecule has 2 heterocycles. The number of furan rings is 1. The van der Waals surface area contributed by atoms with Crippen LogP contribution in [-0.4, -0.2) is 23.4 Å². The smallest absolute Gasteiger partial charge is 0.300 e. The van der Waals surface area contributed by atoms with Crippen LogP contribution >= 0.6 is 0 Å². The van der Waals surface area contributed by atoms with Crippen LogP contribution in [0.3, 0.4) is 0 Å². The Morgan fingerprint density at radius 2 is 1.79 bits per heavy atom. The average Bonchev–Trinajstić information content (AvgIpc) is 3.33. The molecule has 0 spiro atoms. The van der Waals surface area contributed by atoms with Gasteiger partial charge in [0.1, 0.15) is 29.1 Å². The van der Waals surface area contributed by atoms with E-state index in [1.54, 1.807) is 55.5 Å². The van der Waals surface area contributed by atoms with Crippen molar-refractivity contribution in [3.05, 3.63) is 88.9 Å². The fraction of sp³-hybridized carbons (Fsp3) is 0.259. The van der Waals surface area contributed by atoms with Crippen LogP contribution in [0.1, 0.15) is 42.5 Å². The minimum absolute atomic E-state index is 0.0177. The van der Waals surface area contributed by atoms with E-state index in [1.807, 2.05) is 32.9 Å². The highest BCUT2D eigenvalue weighted by Crippen LogP contribution is 2.42. The maximum atomic E-state index is 13.2. The average molecular weight is 446 g/mol. The SMILES string of the molecule is Cc1ccc(N2C(=O)C(=O)/C(=C(\O)c3cccc(OCC(C)C)c3)C2c2ccc(C)o2)cc1. The molecule has 1 aromatic heterocycles. The van der Waals surface area contributed by atoms with E-state index >= 15 is 0 Å².